The monoisotopic (exact) mass is 660 g/mol. The van der Waals surface area contributed by atoms with Crippen molar-refractivity contribution in [3.8, 4) is 0 Å². The Balaban J connectivity index is -0.00000000232. The van der Waals surface area contributed by atoms with Crippen LogP contribution in [0.5, 0.6) is 0 Å². The number of halogens is 9. The zero-order valence-corrected chi connectivity index (χ0v) is 15.3. The predicted molar refractivity (Wildman–Crippen MR) is 138 cm³/mol. The predicted octanol–water partition coefficient (Wildman–Crippen LogP) is 3.37. The minimum Gasteiger partial charge on any atom is -0.165 e. The van der Waals surface area contributed by atoms with Gasteiger partial charge < -0.3 is 0 Å². The molecule has 26 heavy (non-hydrogen) atoms. The van der Waals surface area contributed by atoms with E-state index in [9.17, 15) is 2.86 Å². The van der Waals surface area contributed by atoms with Gasteiger partial charge >= 0.3 is 31.0 Å². The van der Waals surface area contributed by atoms with Crippen molar-refractivity contribution >= 4 is 89.7 Å². The summed E-state index contributed by atoms with van der Waals surface area (Å²) in [5.74, 6) is 0. The van der Waals surface area contributed by atoms with E-state index in [2.05, 4.69) is 62.4 Å². The quantitative estimate of drug-likeness (QED) is 0.162. The van der Waals surface area contributed by atoms with E-state index < -0.39 is 21.2 Å². The van der Waals surface area contributed by atoms with Gasteiger partial charge in [-0.2, -0.15) is 31.5 Å². The molecule has 165 valence electrons. The van der Waals surface area contributed by atoms with Gasteiger partial charge in [0.05, 0.1) is 0 Å². The van der Waals surface area contributed by atoms with Gasteiger partial charge in [-0.1, -0.05) is 59.4 Å². The summed E-state index contributed by atoms with van der Waals surface area (Å²) >= 11 is 1.13. The second kappa shape index (κ2) is 675. The standard InChI is InChI=1S/8CH4.B3.B2.BH2IP.B.2F2.FH2IP.2FH/c;;;;;;;;1-3-2;1-2;2-1-3;;2*1-2;1-2-3;;/h8*1H4;;;3H2;;;;3H2;2*1H/q;;;;;;;;;;;;;;-1;;. The summed E-state index contributed by atoms with van der Waals surface area (Å²) in [4.78, 5) is 1.89. The van der Waals surface area contributed by atoms with Crippen LogP contribution in [0.2, 0.25) is 0 Å². The van der Waals surface area contributed by atoms with Gasteiger partial charge in [0.2, 0.25) is 4.86 Å². The van der Waals surface area contributed by atoms with Crippen molar-refractivity contribution in [2.75, 3.05) is 0 Å². The van der Waals surface area contributed by atoms with Crippen LogP contribution in [0.15, 0.2) is 0 Å². The van der Waals surface area contributed by atoms with E-state index in [1.54, 1.807) is 0 Å². The molecule has 0 aliphatic heterocycles. The third-order valence-corrected chi connectivity index (χ3v) is 0. The largest absolute Gasteiger partial charge is 0.226 e. The Hall–Kier alpha value is 2.28. The molecule has 0 amide bonds. The Morgan fingerprint density at radius 2 is 0.731 bits per heavy atom. The van der Waals surface area contributed by atoms with E-state index >= 15 is 0 Å². The topological polar surface area (TPSA) is 0 Å². The SMILES string of the molecule is C.C.C.C.C.C.C.C.F.F.FF.FF.F[I-]P.P[B]I.[B].[B][B].[B][B][B]. The van der Waals surface area contributed by atoms with Gasteiger partial charge in [-0.05, 0) is 0 Å². The molecule has 0 nitrogen and oxygen atoms in total. The molecule has 0 saturated heterocycles. The fourth-order valence-corrected chi connectivity index (χ4v) is 0. The molecule has 0 spiro atoms. The molecule has 13 radical (unpaired) electrons. The van der Waals surface area contributed by atoms with E-state index in [0.717, 1.165) is 7.06 Å². The Bertz CT molecular complexity index is 59.7. The summed E-state index contributed by atoms with van der Waals surface area (Å²) in [6, 6.07) is 0. The third-order valence-electron chi connectivity index (χ3n) is 0. The summed E-state index contributed by atoms with van der Waals surface area (Å²) in [7, 11) is 20.4. The van der Waals surface area contributed by atoms with Crippen LogP contribution in [0.3, 0.4) is 0 Å². The molecule has 0 heterocycles. The minimum absolute atomic E-state index is 0. The third kappa shape index (κ3) is 3220. The van der Waals surface area contributed by atoms with Crippen molar-refractivity contribution in [3.05, 3.63) is 0 Å². The second-order valence-electron chi connectivity index (χ2n) is 0.401. The first-order chi connectivity index (χ1) is 7.24. The van der Waals surface area contributed by atoms with Gasteiger partial charge in [-0.15, -0.1) is 0 Å². The van der Waals surface area contributed by atoms with Crippen LogP contribution in [0.4, 0.5) is 30.6 Å². The van der Waals surface area contributed by atoms with Crippen LogP contribution < -0.4 is 21.2 Å². The summed E-state index contributed by atoms with van der Waals surface area (Å²) in [5.41, 5.74) is 0. The molecule has 0 bridgehead atoms. The Kier molecular flexibility index (Phi) is 4290. The Morgan fingerprint density at radius 3 is 0.731 bits per heavy atom. The molecular formula is C8H38B7F7I2P2-. The summed E-state index contributed by atoms with van der Waals surface area (Å²) in [6.45, 7) is 2.02. The van der Waals surface area contributed by atoms with Crippen LogP contribution in [-0.2, 0) is 0 Å². The van der Waals surface area contributed by atoms with Gasteiger partial charge in [0.1, 0.15) is 0 Å². The minimum atomic E-state index is -0.993. The smallest absolute Gasteiger partial charge is 0.165 e. The first kappa shape index (κ1) is 165. The fourth-order valence-electron chi connectivity index (χ4n) is 0. The van der Waals surface area contributed by atoms with Gasteiger partial charge in [0, 0.05) is 64.7 Å². The van der Waals surface area contributed by atoms with Crippen LogP contribution in [-0.4, -0.2) is 51.3 Å². The average Bonchev–Trinajstić information content (AvgIpc) is 2.29. The molecule has 2 unspecified atom stereocenters. The van der Waals surface area contributed by atoms with Crippen molar-refractivity contribution < 1.29 is 51.8 Å². The first-order valence-corrected chi connectivity index (χ1v) is 9.10. The maximum atomic E-state index is 10.4. The maximum absolute atomic E-state index is 10.4. The first-order valence-electron chi connectivity index (χ1n) is 2.20. The maximum Gasteiger partial charge on any atom is 0.226 e. The second-order valence-corrected chi connectivity index (χ2v) is 4.39. The van der Waals surface area contributed by atoms with E-state index in [4.69, 9.17) is 18.3 Å². The van der Waals surface area contributed by atoms with Crippen LogP contribution >= 0.6 is 38.4 Å². The molecular weight excluding hydrogens is 621 g/mol. The number of hydrogen-bond donors (Lipinski definition) is 0. The average molecular weight is 659 g/mol. The molecule has 0 rings (SSSR count). The van der Waals surface area contributed by atoms with Crippen molar-refractivity contribution in [3.63, 3.8) is 0 Å². The van der Waals surface area contributed by atoms with Crippen molar-refractivity contribution in [2.45, 2.75) is 59.4 Å². The molecule has 0 aliphatic rings. The van der Waals surface area contributed by atoms with Crippen LogP contribution in [0, 0.1) is 0 Å². The van der Waals surface area contributed by atoms with E-state index in [1.165, 1.54) is 0 Å². The van der Waals surface area contributed by atoms with Gasteiger partial charge in [0.25, 0.3) is 0 Å². The van der Waals surface area contributed by atoms with Crippen LogP contribution in [0.1, 0.15) is 59.4 Å². The van der Waals surface area contributed by atoms with E-state index in [0.29, 0.717) is 0 Å². The molecule has 0 aromatic carbocycles. The van der Waals surface area contributed by atoms with Gasteiger partial charge in [-0.3, -0.25) is 9.41 Å². The fraction of sp³-hybridized carbons (Fsp3) is 1.00. The van der Waals surface area contributed by atoms with Gasteiger partial charge in [-0.25, -0.2) is 0 Å². The van der Waals surface area contributed by atoms with Gasteiger partial charge in [0.15, 0.2) is 0 Å². The molecule has 0 fully saturated rings. The van der Waals surface area contributed by atoms with Crippen molar-refractivity contribution in [2.24, 2.45) is 0 Å². The summed E-state index contributed by atoms with van der Waals surface area (Å²) < 4.78 is 42.4. The molecule has 0 N–H and O–H groups in total. The number of hydrogen-bond acceptors (Lipinski definition) is 0. The van der Waals surface area contributed by atoms with Crippen molar-refractivity contribution in [1.82, 2.24) is 0 Å². The molecule has 0 aliphatic carbocycles. The summed E-state index contributed by atoms with van der Waals surface area (Å²) in [5, 5.41) is 0. The zero-order valence-electron chi connectivity index (χ0n) is 8.66. The zero-order chi connectivity index (χ0) is 14.1. The van der Waals surface area contributed by atoms with Crippen molar-refractivity contribution in [1.29, 1.82) is 0 Å². The van der Waals surface area contributed by atoms with E-state index in [-0.39, 0.29) is 77.2 Å². The molecule has 0 aromatic heterocycles. The Morgan fingerprint density at radius 1 is 0.731 bits per heavy atom. The number of rotatable bonds is 0. The molecule has 0 aromatic rings. The van der Waals surface area contributed by atoms with Crippen LogP contribution in [0.25, 0.3) is 0 Å². The molecule has 0 saturated carbocycles. The summed E-state index contributed by atoms with van der Waals surface area (Å²) in [6.07, 6.45) is 0. The molecule has 2 atom stereocenters. The molecule has 18 heteroatoms. The Labute approximate surface area is 199 Å². The normalized spacial score (nSPS) is 2.46. The van der Waals surface area contributed by atoms with E-state index in [1.807, 2.05) is 11.7 Å².